The van der Waals surface area contributed by atoms with Gasteiger partial charge in [0.2, 0.25) is 0 Å². The quantitative estimate of drug-likeness (QED) is 0.765. The summed E-state index contributed by atoms with van der Waals surface area (Å²) >= 11 is 0. The maximum atomic E-state index is 3.87. The predicted molar refractivity (Wildman–Crippen MR) is 75.2 cm³/mol. The first-order valence-corrected chi connectivity index (χ1v) is 8.01. The zero-order chi connectivity index (χ0) is 12.1. The fraction of sp³-hybridized carbons (Fsp3) is 1.00. The van der Waals surface area contributed by atoms with Crippen molar-refractivity contribution in [2.75, 3.05) is 6.54 Å². The Morgan fingerprint density at radius 1 is 0.941 bits per heavy atom. The molecule has 0 saturated heterocycles. The summed E-state index contributed by atoms with van der Waals surface area (Å²) in [5, 5.41) is 3.87. The van der Waals surface area contributed by atoms with E-state index in [1.807, 2.05) is 0 Å². The Morgan fingerprint density at radius 3 is 2.41 bits per heavy atom. The van der Waals surface area contributed by atoms with Crippen molar-refractivity contribution in [1.29, 1.82) is 0 Å². The topological polar surface area (TPSA) is 12.0 Å². The maximum Gasteiger partial charge on any atom is 0.00698 e. The van der Waals surface area contributed by atoms with E-state index in [0.717, 1.165) is 23.8 Å². The molecule has 0 aliphatic heterocycles. The van der Waals surface area contributed by atoms with Gasteiger partial charge in [-0.15, -0.1) is 0 Å². The highest BCUT2D eigenvalue weighted by atomic mass is 14.9. The molecule has 1 heteroatoms. The SMILES string of the molecule is CCC1CCCC(NCC2CCC(C)CC2)C1. The van der Waals surface area contributed by atoms with Crippen LogP contribution >= 0.6 is 0 Å². The van der Waals surface area contributed by atoms with Gasteiger partial charge in [-0.05, 0) is 50.0 Å². The van der Waals surface area contributed by atoms with Gasteiger partial charge in [0.15, 0.2) is 0 Å². The first-order valence-electron chi connectivity index (χ1n) is 8.01. The minimum Gasteiger partial charge on any atom is -0.314 e. The van der Waals surface area contributed by atoms with Crippen molar-refractivity contribution in [1.82, 2.24) is 5.32 Å². The molecule has 0 heterocycles. The van der Waals surface area contributed by atoms with Crippen molar-refractivity contribution in [3.8, 4) is 0 Å². The molecular weight excluding hydrogens is 206 g/mol. The van der Waals surface area contributed by atoms with E-state index in [4.69, 9.17) is 0 Å². The molecule has 2 aliphatic rings. The number of hydrogen-bond donors (Lipinski definition) is 1. The standard InChI is InChI=1S/C16H31N/c1-3-14-5-4-6-16(11-14)17-12-15-9-7-13(2)8-10-15/h13-17H,3-12H2,1-2H3. The maximum absolute atomic E-state index is 3.87. The van der Waals surface area contributed by atoms with Crippen LogP contribution in [0.15, 0.2) is 0 Å². The zero-order valence-electron chi connectivity index (χ0n) is 11.9. The van der Waals surface area contributed by atoms with Crippen molar-refractivity contribution in [3.05, 3.63) is 0 Å². The smallest absolute Gasteiger partial charge is 0.00698 e. The van der Waals surface area contributed by atoms with Crippen LogP contribution in [0, 0.1) is 17.8 Å². The fourth-order valence-corrected chi connectivity index (χ4v) is 3.71. The van der Waals surface area contributed by atoms with Crippen LogP contribution in [0.2, 0.25) is 0 Å². The molecule has 2 unspecified atom stereocenters. The summed E-state index contributed by atoms with van der Waals surface area (Å²) in [5.74, 6) is 2.98. The highest BCUT2D eigenvalue weighted by molar-refractivity contribution is 4.79. The minimum atomic E-state index is 0.841. The highest BCUT2D eigenvalue weighted by Crippen LogP contribution is 2.29. The third-order valence-corrected chi connectivity index (χ3v) is 5.19. The molecule has 2 atom stereocenters. The Morgan fingerprint density at radius 2 is 1.71 bits per heavy atom. The lowest BCUT2D eigenvalue weighted by atomic mass is 9.81. The third kappa shape index (κ3) is 4.28. The second kappa shape index (κ2) is 6.78. The van der Waals surface area contributed by atoms with Crippen LogP contribution < -0.4 is 5.32 Å². The van der Waals surface area contributed by atoms with Crippen LogP contribution in [0.1, 0.15) is 71.6 Å². The lowest BCUT2D eigenvalue weighted by Crippen LogP contribution is -2.37. The second-order valence-electron chi connectivity index (χ2n) is 6.67. The third-order valence-electron chi connectivity index (χ3n) is 5.19. The molecule has 2 aliphatic carbocycles. The van der Waals surface area contributed by atoms with Crippen LogP contribution in [0.5, 0.6) is 0 Å². The molecule has 2 saturated carbocycles. The first kappa shape index (κ1) is 13.4. The van der Waals surface area contributed by atoms with Crippen molar-refractivity contribution < 1.29 is 0 Å². The summed E-state index contributed by atoms with van der Waals surface area (Å²) in [6, 6.07) is 0.841. The average molecular weight is 237 g/mol. The van der Waals surface area contributed by atoms with Gasteiger partial charge in [0.05, 0.1) is 0 Å². The van der Waals surface area contributed by atoms with Gasteiger partial charge in [-0.1, -0.05) is 46.0 Å². The Hall–Kier alpha value is -0.0400. The van der Waals surface area contributed by atoms with Crippen LogP contribution in [-0.2, 0) is 0 Å². The van der Waals surface area contributed by atoms with Crippen molar-refractivity contribution in [2.24, 2.45) is 17.8 Å². The van der Waals surface area contributed by atoms with Gasteiger partial charge in [-0.25, -0.2) is 0 Å². The van der Waals surface area contributed by atoms with Crippen LogP contribution in [0.3, 0.4) is 0 Å². The summed E-state index contributed by atoms with van der Waals surface area (Å²) in [5.41, 5.74) is 0. The summed E-state index contributed by atoms with van der Waals surface area (Å²) in [4.78, 5) is 0. The molecule has 2 fully saturated rings. The van der Waals surface area contributed by atoms with Crippen molar-refractivity contribution >= 4 is 0 Å². The zero-order valence-corrected chi connectivity index (χ0v) is 11.9. The monoisotopic (exact) mass is 237 g/mol. The number of hydrogen-bond acceptors (Lipinski definition) is 1. The van der Waals surface area contributed by atoms with Gasteiger partial charge in [0, 0.05) is 6.04 Å². The molecule has 1 nitrogen and oxygen atoms in total. The van der Waals surface area contributed by atoms with E-state index >= 15 is 0 Å². The Bertz CT molecular complexity index is 206. The molecule has 0 radical (unpaired) electrons. The van der Waals surface area contributed by atoms with E-state index in [2.05, 4.69) is 19.2 Å². The van der Waals surface area contributed by atoms with E-state index in [0.29, 0.717) is 0 Å². The molecule has 100 valence electrons. The molecule has 0 aromatic carbocycles. The van der Waals surface area contributed by atoms with Crippen LogP contribution in [0.25, 0.3) is 0 Å². The van der Waals surface area contributed by atoms with Gasteiger partial charge in [-0.3, -0.25) is 0 Å². The highest BCUT2D eigenvalue weighted by Gasteiger charge is 2.22. The summed E-state index contributed by atoms with van der Waals surface area (Å²) in [7, 11) is 0. The summed E-state index contributed by atoms with van der Waals surface area (Å²) in [6.45, 7) is 6.07. The molecule has 0 aromatic rings. The predicted octanol–water partition coefficient (Wildman–Crippen LogP) is 4.37. The van der Waals surface area contributed by atoms with E-state index in [9.17, 15) is 0 Å². The van der Waals surface area contributed by atoms with Gasteiger partial charge < -0.3 is 5.32 Å². The van der Waals surface area contributed by atoms with Crippen molar-refractivity contribution in [2.45, 2.75) is 77.7 Å². The molecule has 17 heavy (non-hydrogen) atoms. The average Bonchev–Trinajstić information content (AvgIpc) is 2.38. The molecule has 1 N–H and O–H groups in total. The summed E-state index contributed by atoms with van der Waals surface area (Å²) < 4.78 is 0. The number of nitrogens with one attached hydrogen (secondary N) is 1. The van der Waals surface area contributed by atoms with E-state index in [-0.39, 0.29) is 0 Å². The Kier molecular flexibility index (Phi) is 5.34. The first-order chi connectivity index (χ1) is 8.28. The van der Waals surface area contributed by atoms with Crippen LogP contribution in [0.4, 0.5) is 0 Å². The molecular formula is C16H31N. The van der Waals surface area contributed by atoms with Gasteiger partial charge in [-0.2, -0.15) is 0 Å². The van der Waals surface area contributed by atoms with E-state index in [1.165, 1.54) is 64.3 Å². The molecule has 0 amide bonds. The summed E-state index contributed by atoms with van der Waals surface area (Å²) in [6.07, 6.45) is 13.1. The lowest BCUT2D eigenvalue weighted by Gasteiger charge is -2.32. The van der Waals surface area contributed by atoms with Crippen LogP contribution in [-0.4, -0.2) is 12.6 Å². The molecule has 0 spiro atoms. The van der Waals surface area contributed by atoms with Gasteiger partial charge in [0.25, 0.3) is 0 Å². The van der Waals surface area contributed by atoms with Gasteiger partial charge >= 0.3 is 0 Å². The minimum absolute atomic E-state index is 0.841. The Labute approximate surface area is 108 Å². The Balaban J connectivity index is 1.64. The van der Waals surface area contributed by atoms with Gasteiger partial charge in [0.1, 0.15) is 0 Å². The van der Waals surface area contributed by atoms with Crippen molar-refractivity contribution in [3.63, 3.8) is 0 Å². The normalized spacial score (nSPS) is 39.2. The largest absolute Gasteiger partial charge is 0.314 e. The van der Waals surface area contributed by atoms with E-state index < -0.39 is 0 Å². The van der Waals surface area contributed by atoms with E-state index in [1.54, 1.807) is 0 Å². The molecule has 0 bridgehead atoms. The molecule has 2 rings (SSSR count). The molecule has 0 aromatic heterocycles. The lowest BCUT2D eigenvalue weighted by molar-refractivity contribution is 0.239. The second-order valence-corrected chi connectivity index (χ2v) is 6.67. The number of rotatable bonds is 4. The fourth-order valence-electron chi connectivity index (χ4n) is 3.71.